The van der Waals surface area contributed by atoms with Gasteiger partial charge in [-0.05, 0) is 32.6 Å². The van der Waals surface area contributed by atoms with Crippen LogP contribution in [-0.4, -0.2) is 23.1 Å². The molecule has 1 saturated carbocycles. The minimum Gasteiger partial charge on any atom is -0.477 e. The van der Waals surface area contributed by atoms with E-state index in [1.54, 1.807) is 0 Å². The molecule has 0 aliphatic heterocycles. The van der Waals surface area contributed by atoms with Crippen molar-refractivity contribution in [2.75, 3.05) is 18.5 Å². The standard InChI is InChI=1S/C14H23N3O/c1-5-15-12-10(4)14(18-8-9(2)3)17-13(16-12)11-6-7-11/h9,11H,5-8H2,1-4H3,(H,15,16,17). The molecule has 0 unspecified atom stereocenters. The van der Waals surface area contributed by atoms with Crippen LogP contribution in [0.4, 0.5) is 5.82 Å². The lowest BCUT2D eigenvalue weighted by atomic mass is 10.2. The van der Waals surface area contributed by atoms with Crippen molar-refractivity contribution in [2.24, 2.45) is 5.92 Å². The third-order valence-electron chi connectivity index (χ3n) is 2.96. The maximum atomic E-state index is 5.81. The first-order chi connectivity index (χ1) is 8.61. The average molecular weight is 249 g/mol. The smallest absolute Gasteiger partial charge is 0.221 e. The normalized spacial score (nSPS) is 14.9. The number of nitrogens with one attached hydrogen (secondary N) is 1. The van der Waals surface area contributed by atoms with E-state index in [0.717, 1.165) is 29.6 Å². The van der Waals surface area contributed by atoms with E-state index in [9.17, 15) is 0 Å². The van der Waals surface area contributed by atoms with E-state index in [1.807, 2.05) is 6.92 Å². The summed E-state index contributed by atoms with van der Waals surface area (Å²) in [6.07, 6.45) is 2.41. The Hall–Kier alpha value is -1.32. The summed E-state index contributed by atoms with van der Waals surface area (Å²) in [6, 6.07) is 0. The predicted molar refractivity (Wildman–Crippen MR) is 73.2 cm³/mol. The maximum absolute atomic E-state index is 5.81. The lowest BCUT2D eigenvalue weighted by Crippen LogP contribution is -2.11. The highest BCUT2D eigenvalue weighted by molar-refractivity contribution is 5.49. The second kappa shape index (κ2) is 5.55. The molecule has 1 aliphatic carbocycles. The Kier molecular flexibility index (Phi) is 4.04. The third kappa shape index (κ3) is 3.12. The summed E-state index contributed by atoms with van der Waals surface area (Å²) in [5, 5.41) is 3.30. The molecule has 100 valence electrons. The molecule has 0 bridgehead atoms. The minimum atomic E-state index is 0.506. The number of anilines is 1. The Morgan fingerprint density at radius 1 is 1.33 bits per heavy atom. The molecule has 4 nitrogen and oxygen atoms in total. The van der Waals surface area contributed by atoms with Crippen molar-refractivity contribution in [1.82, 2.24) is 9.97 Å². The van der Waals surface area contributed by atoms with Crippen molar-refractivity contribution in [3.63, 3.8) is 0 Å². The van der Waals surface area contributed by atoms with Crippen molar-refractivity contribution >= 4 is 5.82 Å². The van der Waals surface area contributed by atoms with Crippen molar-refractivity contribution in [2.45, 2.75) is 46.5 Å². The lowest BCUT2D eigenvalue weighted by molar-refractivity contribution is 0.258. The molecule has 0 atom stereocenters. The number of aromatic nitrogens is 2. The summed E-state index contributed by atoms with van der Waals surface area (Å²) in [5.41, 5.74) is 1.02. The summed E-state index contributed by atoms with van der Waals surface area (Å²) >= 11 is 0. The van der Waals surface area contributed by atoms with Gasteiger partial charge in [-0.1, -0.05) is 13.8 Å². The van der Waals surface area contributed by atoms with Crippen LogP contribution in [0.5, 0.6) is 5.88 Å². The highest BCUT2D eigenvalue weighted by Gasteiger charge is 2.28. The molecule has 0 radical (unpaired) electrons. The molecule has 1 N–H and O–H groups in total. The summed E-state index contributed by atoms with van der Waals surface area (Å²) < 4.78 is 5.81. The fourth-order valence-electron chi connectivity index (χ4n) is 1.76. The summed E-state index contributed by atoms with van der Waals surface area (Å²) in [6.45, 7) is 9.95. The van der Waals surface area contributed by atoms with Gasteiger partial charge in [-0.3, -0.25) is 0 Å². The third-order valence-corrected chi connectivity index (χ3v) is 2.96. The SMILES string of the molecule is CCNc1nc(C2CC2)nc(OCC(C)C)c1C. The Balaban J connectivity index is 2.24. The Labute approximate surface area is 109 Å². The van der Waals surface area contributed by atoms with Gasteiger partial charge in [0, 0.05) is 12.5 Å². The van der Waals surface area contributed by atoms with E-state index >= 15 is 0 Å². The molecule has 4 heteroatoms. The van der Waals surface area contributed by atoms with Gasteiger partial charge in [0.2, 0.25) is 5.88 Å². The van der Waals surface area contributed by atoms with Crippen LogP contribution in [0.2, 0.25) is 0 Å². The zero-order valence-electron chi connectivity index (χ0n) is 11.8. The molecule has 1 aromatic rings. The molecule has 0 aromatic carbocycles. The first kappa shape index (κ1) is 13.1. The van der Waals surface area contributed by atoms with Gasteiger partial charge in [0.25, 0.3) is 0 Å². The number of hydrogen-bond donors (Lipinski definition) is 1. The van der Waals surface area contributed by atoms with Crippen molar-refractivity contribution < 1.29 is 4.74 Å². The largest absolute Gasteiger partial charge is 0.477 e. The summed E-state index contributed by atoms with van der Waals surface area (Å²) in [7, 11) is 0. The number of hydrogen-bond acceptors (Lipinski definition) is 4. The molecule has 1 heterocycles. The van der Waals surface area contributed by atoms with Crippen molar-refractivity contribution in [1.29, 1.82) is 0 Å². The molecule has 0 spiro atoms. The lowest BCUT2D eigenvalue weighted by Gasteiger charge is -2.14. The molecule has 18 heavy (non-hydrogen) atoms. The maximum Gasteiger partial charge on any atom is 0.221 e. The van der Waals surface area contributed by atoms with E-state index in [-0.39, 0.29) is 0 Å². The van der Waals surface area contributed by atoms with E-state index in [0.29, 0.717) is 18.4 Å². The molecule has 2 rings (SSSR count). The highest BCUT2D eigenvalue weighted by atomic mass is 16.5. The van der Waals surface area contributed by atoms with Gasteiger partial charge in [-0.2, -0.15) is 4.98 Å². The van der Waals surface area contributed by atoms with Gasteiger partial charge in [-0.25, -0.2) is 4.98 Å². The first-order valence-corrected chi connectivity index (χ1v) is 6.87. The van der Waals surface area contributed by atoms with E-state index < -0.39 is 0 Å². The van der Waals surface area contributed by atoms with E-state index in [1.165, 1.54) is 12.8 Å². The van der Waals surface area contributed by atoms with Crippen LogP contribution in [0.15, 0.2) is 0 Å². The van der Waals surface area contributed by atoms with Gasteiger partial charge in [0.1, 0.15) is 11.6 Å². The number of nitrogens with zero attached hydrogens (tertiary/aromatic N) is 2. The van der Waals surface area contributed by atoms with Gasteiger partial charge < -0.3 is 10.1 Å². The molecular weight excluding hydrogens is 226 g/mol. The van der Waals surface area contributed by atoms with E-state index in [2.05, 4.69) is 36.1 Å². The second-order valence-corrected chi connectivity index (χ2v) is 5.37. The molecule has 1 aliphatic rings. The highest BCUT2D eigenvalue weighted by Crippen LogP contribution is 2.39. The molecule has 0 saturated heterocycles. The van der Waals surface area contributed by atoms with Crippen LogP contribution < -0.4 is 10.1 Å². The molecule has 0 amide bonds. The average Bonchev–Trinajstić information content (AvgIpc) is 3.14. The van der Waals surface area contributed by atoms with Gasteiger partial charge >= 0.3 is 0 Å². The van der Waals surface area contributed by atoms with Crippen LogP contribution in [-0.2, 0) is 0 Å². The molecular formula is C14H23N3O. The van der Waals surface area contributed by atoms with Gasteiger partial charge in [0.15, 0.2) is 0 Å². The topological polar surface area (TPSA) is 47.0 Å². The zero-order chi connectivity index (χ0) is 13.1. The van der Waals surface area contributed by atoms with Crippen LogP contribution in [0, 0.1) is 12.8 Å². The van der Waals surface area contributed by atoms with Gasteiger partial charge in [0.05, 0.1) is 12.2 Å². The summed E-state index contributed by atoms with van der Waals surface area (Å²) in [5.74, 6) is 3.66. The van der Waals surface area contributed by atoms with Crippen LogP contribution in [0.25, 0.3) is 0 Å². The quantitative estimate of drug-likeness (QED) is 0.841. The predicted octanol–water partition coefficient (Wildman–Crippen LogP) is 3.13. The Bertz CT molecular complexity index is 414. The minimum absolute atomic E-state index is 0.506. The fraction of sp³-hybridized carbons (Fsp3) is 0.714. The van der Waals surface area contributed by atoms with Crippen LogP contribution in [0.1, 0.15) is 50.9 Å². The Morgan fingerprint density at radius 3 is 2.61 bits per heavy atom. The van der Waals surface area contributed by atoms with Crippen LogP contribution in [0.3, 0.4) is 0 Å². The zero-order valence-corrected chi connectivity index (χ0v) is 11.8. The van der Waals surface area contributed by atoms with Crippen LogP contribution >= 0.6 is 0 Å². The number of ether oxygens (including phenoxy) is 1. The Morgan fingerprint density at radius 2 is 2.06 bits per heavy atom. The number of rotatable bonds is 6. The molecule has 1 fully saturated rings. The molecule has 1 aromatic heterocycles. The fourth-order valence-corrected chi connectivity index (χ4v) is 1.76. The van der Waals surface area contributed by atoms with Crippen molar-refractivity contribution in [3.8, 4) is 5.88 Å². The first-order valence-electron chi connectivity index (χ1n) is 6.87. The van der Waals surface area contributed by atoms with Gasteiger partial charge in [-0.15, -0.1) is 0 Å². The van der Waals surface area contributed by atoms with E-state index in [4.69, 9.17) is 4.74 Å². The summed E-state index contributed by atoms with van der Waals surface area (Å²) in [4.78, 5) is 9.19. The van der Waals surface area contributed by atoms with Crippen molar-refractivity contribution in [3.05, 3.63) is 11.4 Å². The monoisotopic (exact) mass is 249 g/mol. The second-order valence-electron chi connectivity index (χ2n) is 5.37.